The molecule has 0 radical (unpaired) electrons. The lowest BCUT2D eigenvalue weighted by atomic mass is 10.4. The molecule has 0 fully saturated rings. The summed E-state index contributed by atoms with van der Waals surface area (Å²) in [5, 5.41) is 1.97. The van der Waals surface area contributed by atoms with E-state index in [1.54, 1.807) is 23.1 Å². The van der Waals surface area contributed by atoms with Crippen molar-refractivity contribution in [2.45, 2.75) is 16.8 Å². The SMILES string of the molecule is Cc1cc2c(Sc3ccccc3Br)nc(N)nc2s1. The van der Waals surface area contributed by atoms with E-state index in [0.29, 0.717) is 5.95 Å². The summed E-state index contributed by atoms with van der Waals surface area (Å²) in [5.74, 6) is 0.323. The molecule has 3 nitrogen and oxygen atoms in total. The average Bonchev–Trinajstić information content (AvgIpc) is 2.72. The second-order valence-electron chi connectivity index (χ2n) is 4.00. The summed E-state index contributed by atoms with van der Waals surface area (Å²) in [6, 6.07) is 10.2. The first-order chi connectivity index (χ1) is 9.13. The number of hydrogen-bond donors (Lipinski definition) is 1. The first-order valence-electron chi connectivity index (χ1n) is 5.59. The number of rotatable bonds is 2. The van der Waals surface area contributed by atoms with Crippen LogP contribution < -0.4 is 5.73 Å². The molecule has 0 saturated heterocycles. The lowest BCUT2D eigenvalue weighted by Gasteiger charge is -2.05. The Labute approximate surface area is 127 Å². The van der Waals surface area contributed by atoms with Crippen LogP contribution in [0.3, 0.4) is 0 Å². The number of nitrogen functional groups attached to an aromatic ring is 1. The molecule has 0 aliphatic carbocycles. The summed E-state index contributed by atoms with van der Waals surface area (Å²) in [4.78, 5) is 11.9. The lowest BCUT2D eigenvalue weighted by molar-refractivity contribution is 1.12. The van der Waals surface area contributed by atoms with Crippen LogP contribution in [-0.4, -0.2) is 9.97 Å². The zero-order valence-electron chi connectivity index (χ0n) is 10.1. The first kappa shape index (κ1) is 12.9. The van der Waals surface area contributed by atoms with E-state index in [4.69, 9.17) is 5.73 Å². The summed E-state index contributed by atoms with van der Waals surface area (Å²) in [6.45, 7) is 2.06. The minimum absolute atomic E-state index is 0.323. The van der Waals surface area contributed by atoms with Crippen molar-refractivity contribution in [2.24, 2.45) is 0 Å². The summed E-state index contributed by atoms with van der Waals surface area (Å²) in [7, 11) is 0. The van der Waals surface area contributed by atoms with Crippen molar-refractivity contribution in [1.82, 2.24) is 9.97 Å². The van der Waals surface area contributed by atoms with Gasteiger partial charge in [-0.15, -0.1) is 11.3 Å². The maximum absolute atomic E-state index is 5.79. The van der Waals surface area contributed by atoms with Gasteiger partial charge in [-0.05, 0) is 41.1 Å². The van der Waals surface area contributed by atoms with Crippen LogP contribution in [0.2, 0.25) is 0 Å². The van der Waals surface area contributed by atoms with Gasteiger partial charge in [0.2, 0.25) is 5.95 Å². The molecular formula is C13H10BrN3S2. The van der Waals surface area contributed by atoms with Gasteiger partial charge < -0.3 is 5.73 Å². The molecule has 0 aliphatic heterocycles. The normalized spacial score (nSPS) is 11.1. The molecule has 2 N–H and O–H groups in total. The second kappa shape index (κ2) is 5.11. The van der Waals surface area contributed by atoms with Gasteiger partial charge in [0, 0.05) is 19.6 Å². The molecule has 0 bridgehead atoms. The third-order valence-electron chi connectivity index (χ3n) is 2.54. The molecule has 3 rings (SSSR count). The van der Waals surface area contributed by atoms with Crippen LogP contribution in [0.5, 0.6) is 0 Å². The number of nitrogens with two attached hydrogens (primary N) is 1. The Kier molecular flexibility index (Phi) is 3.47. The minimum atomic E-state index is 0.323. The number of hydrogen-bond acceptors (Lipinski definition) is 5. The molecule has 0 aliphatic rings. The maximum atomic E-state index is 5.79. The Balaban J connectivity index is 2.12. The van der Waals surface area contributed by atoms with Gasteiger partial charge in [-0.2, -0.15) is 0 Å². The Bertz CT molecular complexity index is 755. The van der Waals surface area contributed by atoms with Crippen LogP contribution >= 0.6 is 39.0 Å². The van der Waals surface area contributed by atoms with E-state index < -0.39 is 0 Å². The molecule has 96 valence electrons. The quantitative estimate of drug-likeness (QED) is 0.690. The zero-order chi connectivity index (χ0) is 13.4. The van der Waals surface area contributed by atoms with Gasteiger partial charge in [-0.3, -0.25) is 0 Å². The van der Waals surface area contributed by atoms with Crippen molar-refractivity contribution in [3.05, 3.63) is 39.7 Å². The Hall–Kier alpha value is -1.11. The third kappa shape index (κ3) is 2.61. The number of nitrogens with zero attached hydrogens (tertiary/aromatic N) is 2. The summed E-state index contributed by atoms with van der Waals surface area (Å²) in [6.07, 6.45) is 0. The number of anilines is 1. The van der Waals surface area contributed by atoms with Crippen LogP contribution in [0.15, 0.2) is 44.7 Å². The van der Waals surface area contributed by atoms with Gasteiger partial charge in [0.15, 0.2) is 0 Å². The van der Waals surface area contributed by atoms with E-state index in [9.17, 15) is 0 Å². The molecule has 0 atom stereocenters. The van der Waals surface area contributed by atoms with E-state index in [1.165, 1.54) is 4.88 Å². The molecule has 0 spiro atoms. The fourth-order valence-electron chi connectivity index (χ4n) is 1.74. The van der Waals surface area contributed by atoms with E-state index in [2.05, 4.69) is 45.0 Å². The third-order valence-corrected chi connectivity index (χ3v) is 5.52. The zero-order valence-corrected chi connectivity index (χ0v) is 13.3. The van der Waals surface area contributed by atoms with Crippen molar-refractivity contribution in [3.8, 4) is 0 Å². The minimum Gasteiger partial charge on any atom is -0.368 e. The highest BCUT2D eigenvalue weighted by molar-refractivity contribution is 9.10. The van der Waals surface area contributed by atoms with Crippen LogP contribution in [-0.2, 0) is 0 Å². The number of aryl methyl sites for hydroxylation is 1. The van der Waals surface area contributed by atoms with Gasteiger partial charge in [-0.1, -0.05) is 23.9 Å². The molecule has 0 amide bonds. The van der Waals surface area contributed by atoms with Gasteiger partial charge in [-0.25, -0.2) is 9.97 Å². The average molecular weight is 352 g/mol. The Morgan fingerprint density at radius 1 is 1.26 bits per heavy atom. The maximum Gasteiger partial charge on any atom is 0.222 e. The first-order valence-corrected chi connectivity index (χ1v) is 8.02. The van der Waals surface area contributed by atoms with Crippen LogP contribution in [0.4, 0.5) is 5.95 Å². The van der Waals surface area contributed by atoms with E-state index in [0.717, 1.165) is 24.6 Å². The predicted octanol–water partition coefficient (Wildman–Crippen LogP) is 4.50. The molecule has 0 unspecified atom stereocenters. The second-order valence-corrected chi connectivity index (χ2v) is 7.12. The van der Waals surface area contributed by atoms with Crippen LogP contribution in [0, 0.1) is 6.92 Å². The smallest absolute Gasteiger partial charge is 0.222 e. The largest absolute Gasteiger partial charge is 0.368 e. The molecule has 1 aromatic carbocycles. The highest BCUT2D eigenvalue weighted by Gasteiger charge is 2.11. The summed E-state index contributed by atoms with van der Waals surface area (Å²) >= 11 is 6.79. The van der Waals surface area contributed by atoms with Crippen LogP contribution in [0.25, 0.3) is 10.2 Å². The Morgan fingerprint density at radius 2 is 2.05 bits per heavy atom. The molecule has 19 heavy (non-hydrogen) atoms. The van der Waals surface area contributed by atoms with Crippen molar-refractivity contribution in [3.63, 3.8) is 0 Å². The van der Waals surface area contributed by atoms with Crippen molar-refractivity contribution < 1.29 is 0 Å². The topological polar surface area (TPSA) is 51.8 Å². The molecule has 2 aromatic heterocycles. The number of halogens is 1. The molecule has 3 aromatic rings. The van der Waals surface area contributed by atoms with Crippen LogP contribution in [0.1, 0.15) is 4.88 Å². The summed E-state index contributed by atoms with van der Waals surface area (Å²) in [5.41, 5.74) is 5.79. The molecule has 6 heteroatoms. The molecular weight excluding hydrogens is 342 g/mol. The standard InChI is InChI=1S/C13H10BrN3S2/c1-7-6-8-11(18-7)16-13(15)17-12(8)19-10-5-3-2-4-9(10)14/h2-6H,1H3,(H2,15,16,17). The molecule has 2 heterocycles. The monoisotopic (exact) mass is 351 g/mol. The van der Waals surface area contributed by atoms with E-state index >= 15 is 0 Å². The molecule has 0 saturated carbocycles. The van der Waals surface area contributed by atoms with Gasteiger partial charge in [0.05, 0.1) is 0 Å². The number of aromatic nitrogens is 2. The highest BCUT2D eigenvalue weighted by atomic mass is 79.9. The highest BCUT2D eigenvalue weighted by Crippen LogP contribution is 2.38. The fraction of sp³-hybridized carbons (Fsp3) is 0.0769. The predicted molar refractivity (Wildman–Crippen MR) is 84.8 cm³/mol. The van der Waals surface area contributed by atoms with Gasteiger partial charge in [0.1, 0.15) is 9.86 Å². The lowest BCUT2D eigenvalue weighted by Crippen LogP contribution is -1.95. The summed E-state index contributed by atoms with van der Waals surface area (Å²) < 4.78 is 1.05. The fourth-order valence-corrected chi connectivity index (χ4v) is 4.14. The van der Waals surface area contributed by atoms with Crippen molar-refractivity contribution in [1.29, 1.82) is 0 Å². The van der Waals surface area contributed by atoms with Crippen molar-refractivity contribution in [2.75, 3.05) is 5.73 Å². The van der Waals surface area contributed by atoms with Crippen molar-refractivity contribution >= 4 is 55.2 Å². The number of fused-ring (bicyclic) bond motifs is 1. The Morgan fingerprint density at radius 3 is 2.84 bits per heavy atom. The number of benzene rings is 1. The van der Waals surface area contributed by atoms with Gasteiger partial charge in [0.25, 0.3) is 0 Å². The van der Waals surface area contributed by atoms with E-state index in [1.807, 2.05) is 18.2 Å². The van der Waals surface area contributed by atoms with Gasteiger partial charge >= 0.3 is 0 Å². The number of thiophene rings is 1. The van der Waals surface area contributed by atoms with E-state index in [-0.39, 0.29) is 0 Å².